The normalized spacial score (nSPS) is 10.2. The minimum absolute atomic E-state index is 0.643. The summed E-state index contributed by atoms with van der Waals surface area (Å²) in [4.78, 5) is 8.45. The van der Waals surface area contributed by atoms with Crippen molar-refractivity contribution in [2.24, 2.45) is 0 Å². The van der Waals surface area contributed by atoms with Crippen LogP contribution in [-0.4, -0.2) is 26.3 Å². The molecule has 0 atom stereocenters. The van der Waals surface area contributed by atoms with E-state index in [0.29, 0.717) is 5.95 Å². The summed E-state index contributed by atoms with van der Waals surface area (Å²) in [7, 11) is 0. The summed E-state index contributed by atoms with van der Waals surface area (Å²) in [5.41, 5.74) is 0. The Bertz CT molecular complexity index is 410. The quantitative estimate of drug-likeness (QED) is 0.817. The standard InChI is InChI=1S/C10H13N5/c1-2-5-11-10-12-7-4-9(14-10)15-8-3-6-13-15/h3-4,6-8H,2,5H2,1H3,(H,11,12,14). The highest BCUT2D eigenvalue weighted by Crippen LogP contribution is 2.04. The predicted molar refractivity (Wildman–Crippen MR) is 57.9 cm³/mol. The van der Waals surface area contributed by atoms with Crippen LogP contribution in [-0.2, 0) is 0 Å². The van der Waals surface area contributed by atoms with Crippen LogP contribution in [0.3, 0.4) is 0 Å². The van der Waals surface area contributed by atoms with E-state index in [1.165, 1.54) is 0 Å². The average molecular weight is 203 g/mol. The van der Waals surface area contributed by atoms with Crippen molar-refractivity contribution in [2.75, 3.05) is 11.9 Å². The van der Waals surface area contributed by atoms with Crippen molar-refractivity contribution in [3.05, 3.63) is 30.7 Å². The molecule has 0 saturated carbocycles. The Kier molecular flexibility index (Phi) is 2.92. The van der Waals surface area contributed by atoms with Gasteiger partial charge >= 0.3 is 0 Å². The van der Waals surface area contributed by atoms with Gasteiger partial charge in [-0.1, -0.05) is 6.92 Å². The zero-order valence-corrected chi connectivity index (χ0v) is 8.59. The van der Waals surface area contributed by atoms with Crippen LogP contribution in [0.4, 0.5) is 5.95 Å². The lowest BCUT2D eigenvalue weighted by atomic mass is 10.5. The molecule has 0 aliphatic carbocycles. The van der Waals surface area contributed by atoms with Gasteiger partial charge in [-0.2, -0.15) is 10.1 Å². The minimum Gasteiger partial charge on any atom is -0.354 e. The molecule has 0 saturated heterocycles. The Morgan fingerprint density at radius 2 is 2.33 bits per heavy atom. The zero-order valence-electron chi connectivity index (χ0n) is 8.59. The summed E-state index contributed by atoms with van der Waals surface area (Å²) >= 11 is 0. The van der Waals surface area contributed by atoms with Crippen LogP contribution in [0.15, 0.2) is 30.7 Å². The van der Waals surface area contributed by atoms with E-state index in [2.05, 4.69) is 27.3 Å². The predicted octanol–water partition coefficient (Wildman–Crippen LogP) is 1.48. The molecule has 15 heavy (non-hydrogen) atoms. The third-order valence-electron chi connectivity index (χ3n) is 1.91. The van der Waals surface area contributed by atoms with Gasteiger partial charge in [-0.25, -0.2) is 9.67 Å². The third kappa shape index (κ3) is 2.31. The molecular weight excluding hydrogens is 190 g/mol. The third-order valence-corrected chi connectivity index (χ3v) is 1.91. The summed E-state index contributed by atoms with van der Waals surface area (Å²) in [6.45, 7) is 2.98. The smallest absolute Gasteiger partial charge is 0.224 e. The van der Waals surface area contributed by atoms with Crippen LogP contribution in [0, 0.1) is 0 Å². The first kappa shape index (κ1) is 9.64. The van der Waals surface area contributed by atoms with Gasteiger partial charge < -0.3 is 5.32 Å². The number of nitrogens with zero attached hydrogens (tertiary/aromatic N) is 4. The second kappa shape index (κ2) is 4.54. The summed E-state index contributed by atoms with van der Waals surface area (Å²) in [5, 5.41) is 7.24. The van der Waals surface area contributed by atoms with E-state index in [4.69, 9.17) is 0 Å². The van der Waals surface area contributed by atoms with Gasteiger partial charge in [0.1, 0.15) is 0 Å². The molecule has 0 fully saturated rings. The summed E-state index contributed by atoms with van der Waals surface area (Å²) < 4.78 is 1.71. The maximum absolute atomic E-state index is 4.33. The van der Waals surface area contributed by atoms with Crippen molar-refractivity contribution in [1.82, 2.24) is 19.7 Å². The minimum atomic E-state index is 0.643. The van der Waals surface area contributed by atoms with E-state index in [9.17, 15) is 0 Å². The first-order valence-electron chi connectivity index (χ1n) is 4.97. The van der Waals surface area contributed by atoms with Crippen molar-refractivity contribution in [3.8, 4) is 5.82 Å². The molecular formula is C10H13N5. The first-order chi connectivity index (χ1) is 7.40. The second-order valence-electron chi connectivity index (χ2n) is 3.12. The molecule has 0 aromatic carbocycles. The van der Waals surface area contributed by atoms with Crippen LogP contribution in [0.25, 0.3) is 5.82 Å². The second-order valence-corrected chi connectivity index (χ2v) is 3.12. The molecule has 5 heteroatoms. The average Bonchev–Trinajstić information content (AvgIpc) is 2.80. The molecule has 0 unspecified atom stereocenters. The highest BCUT2D eigenvalue weighted by Gasteiger charge is 1.99. The van der Waals surface area contributed by atoms with Crippen molar-refractivity contribution >= 4 is 5.95 Å². The van der Waals surface area contributed by atoms with Crippen LogP contribution in [0.2, 0.25) is 0 Å². The van der Waals surface area contributed by atoms with Gasteiger partial charge in [-0.15, -0.1) is 0 Å². The fourth-order valence-corrected chi connectivity index (χ4v) is 1.20. The van der Waals surface area contributed by atoms with Gasteiger partial charge in [0.05, 0.1) is 0 Å². The molecule has 2 heterocycles. The Labute approximate surface area is 88.2 Å². The number of hydrogen-bond donors (Lipinski definition) is 1. The lowest BCUT2D eigenvalue weighted by molar-refractivity contribution is 0.836. The largest absolute Gasteiger partial charge is 0.354 e. The number of aromatic nitrogens is 4. The Balaban J connectivity index is 2.19. The molecule has 2 aromatic rings. The van der Waals surface area contributed by atoms with Crippen LogP contribution in [0.5, 0.6) is 0 Å². The highest BCUT2D eigenvalue weighted by atomic mass is 15.3. The van der Waals surface area contributed by atoms with Crippen molar-refractivity contribution < 1.29 is 0 Å². The van der Waals surface area contributed by atoms with Gasteiger partial charge in [0.25, 0.3) is 0 Å². The zero-order chi connectivity index (χ0) is 10.5. The fraction of sp³-hybridized carbons (Fsp3) is 0.300. The summed E-state index contributed by atoms with van der Waals surface area (Å²) in [6, 6.07) is 3.69. The van der Waals surface area contributed by atoms with Crippen LogP contribution < -0.4 is 5.32 Å². The summed E-state index contributed by atoms with van der Waals surface area (Å²) in [6.07, 6.45) is 6.35. The topological polar surface area (TPSA) is 55.6 Å². The number of rotatable bonds is 4. The SMILES string of the molecule is CCCNc1nccc(-n2cccn2)n1. The molecule has 0 spiro atoms. The van der Waals surface area contributed by atoms with E-state index in [0.717, 1.165) is 18.8 Å². The molecule has 5 nitrogen and oxygen atoms in total. The Morgan fingerprint density at radius 3 is 3.07 bits per heavy atom. The molecule has 0 amide bonds. The Hall–Kier alpha value is -1.91. The lowest BCUT2D eigenvalue weighted by Crippen LogP contribution is -2.06. The van der Waals surface area contributed by atoms with E-state index in [1.807, 2.05) is 18.3 Å². The summed E-state index contributed by atoms with van der Waals surface area (Å²) in [5.74, 6) is 1.42. The maximum atomic E-state index is 4.33. The molecule has 2 rings (SSSR count). The maximum Gasteiger partial charge on any atom is 0.224 e. The van der Waals surface area contributed by atoms with Crippen molar-refractivity contribution in [2.45, 2.75) is 13.3 Å². The molecule has 2 aromatic heterocycles. The van der Waals surface area contributed by atoms with E-state index in [-0.39, 0.29) is 0 Å². The van der Waals surface area contributed by atoms with Crippen molar-refractivity contribution in [3.63, 3.8) is 0 Å². The molecule has 0 aliphatic rings. The highest BCUT2D eigenvalue weighted by molar-refractivity contribution is 5.30. The fourth-order valence-electron chi connectivity index (χ4n) is 1.20. The van der Waals surface area contributed by atoms with Gasteiger partial charge in [-0.3, -0.25) is 0 Å². The van der Waals surface area contributed by atoms with Crippen LogP contribution >= 0.6 is 0 Å². The van der Waals surface area contributed by atoms with E-state index in [1.54, 1.807) is 17.1 Å². The molecule has 0 bridgehead atoms. The van der Waals surface area contributed by atoms with Gasteiger partial charge in [0.2, 0.25) is 5.95 Å². The van der Waals surface area contributed by atoms with E-state index < -0.39 is 0 Å². The number of hydrogen-bond acceptors (Lipinski definition) is 4. The Morgan fingerprint density at radius 1 is 1.40 bits per heavy atom. The van der Waals surface area contributed by atoms with Crippen molar-refractivity contribution in [1.29, 1.82) is 0 Å². The first-order valence-corrected chi connectivity index (χ1v) is 4.97. The molecule has 78 valence electrons. The van der Waals surface area contributed by atoms with Gasteiger partial charge in [-0.05, 0) is 12.5 Å². The lowest BCUT2D eigenvalue weighted by Gasteiger charge is -2.04. The number of nitrogens with one attached hydrogen (secondary N) is 1. The van der Waals surface area contributed by atoms with Gasteiger partial charge in [0, 0.05) is 31.2 Å². The molecule has 1 N–H and O–H groups in total. The van der Waals surface area contributed by atoms with Crippen LogP contribution in [0.1, 0.15) is 13.3 Å². The number of anilines is 1. The van der Waals surface area contributed by atoms with Gasteiger partial charge in [0.15, 0.2) is 5.82 Å². The monoisotopic (exact) mass is 203 g/mol. The molecule has 0 radical (unpaired) electrons. The molecule has 0 aliphatic heterocycles. The van der Waals surface area contributed by atoms with E-state index >= 15 is 0 Å².